The van der Waals surface area contributed by atoms with Gasteiger partial charge in [0.05, 0.1) is 10.2 Å². The van der Waals surface area contributed by atoms with Gasteiger partial charge in [0.15, 0.2) is 5.01 Å². The smallest absolute Gasteiger partial charge is 0.282 e. The summed E-state index contributed by atoms with van der Waals surface area (Å²) in [4.78, 5) is 21.8. The topological polar surface area (TPSA) is 36.4 Å². The van der Waals surface area contributed by atoms with E-state index >= 15 is 0 Å². The van der Waals surface area contributed by atoms with Gasteiger partial charge in [-0.3, -0.25) is 4.79 Å². The first-order chi connectivity index (χ1) is 13.2. The van der Waals surface area contributed by atoms with Crippen LogP contribution in [0.4, 0.5) is 0 Å². The lowest BCUT2D eigenvalue weighted by Crippen LogP contribution is -2.46. The molecule has 1 aromatic heterocycles. The zero-order valence-electron chi connectivity index (χ0n) is 16.1. The van der Waals surface area contributed by atoms with Gasteiger partial charge in [-0.1, -0.05) is 42.5 Å². The minimum Gasteiger partial charge on any atom is -0.336 e. The van der Waals surface area contributed by atoms with E-state index in [2.05, 4.69) is 47.3 Å². The second-order valence-corrected chi connectivity index (χ2v) is 8.26. The van der Waals surface area contributed by atoms with Gasteiger partial charge in [-0.05, 0) is 44.0 Å². The fourth-order valence-corrected chi connectivity index (χ4v) is 4.67. The van der Waals surface area contributed by atoms with Crippen molar-refractivity contribution in [1.82, 2.24) is 14.8 Å². The monoisotopic (exact) mass is 415 g/mol. The van der Waals surface area contributed by atoms with Crippen molar-refractivity contribution in [3.05, 3.63) is 65.2 Å². The number of hydrogen-bond donors (Lipinski definition) is 0. The number of carbonyl (C=O) groups excluding carboxylic acids is 1. The van der Waals surface area contributed by atoms with Crippen molar-refractivity contribution in [2.24, 2.45) is 0 Å². The van der Waals surface area contributed by atoms with Crippen molar-refractivity contribution < 1.29 is 4.79 Å². The maximum Gasteiger partial charge on any atom is 0.282 e. The van der Waals surface area contributed by atoms with Crippen LogP contribution in [0.2, 0.25) is 0 Å². The summed E-state index contributed by atoms with van der Waals surface area (Å²) in [6, 6.07) is 19.1. The van der Waals surface area contributed by atoms with Gasteiger partial charge in [-0.15, -0.1) is 23.7 Å². The number of amides is 1. The van der Waals surface area contributed by atoms with E-state index in [1.807, 2.05) is 29.2 Å². The number of para-hydroxylation sites is 1. The summed E-state index contributed by atoms with van der Waals surface area (Å²) in [6.07, 6.45) is 3.13. The Morgan fingerprint density at radius 1 is 1.11 bits per heavy atom. The number of likely N-dealkylation sites (N-methyl/N-ethyl adjacent to an activating group) is 1. The van der Waals surface area contributed by atoms with Gasteiger partial charge in [0, 0.05) is 25.7 Å². The Bertz CT molecular complexity index is 873. The molecule has 0 aliphatic carbocycles. The predicted molar refractivity (Wildman–Crippen MR) is 119 cm³/mol. The van der Waals surface area contributed by atoms with Crippen LogP contribution in [0.1, 0.15) is 28.2 Å². The summed E-state index contributed by atoms with van der Waals surface area (Å²) >= 11 is 1.50. The number of carbonyl (C=O) groups is 1. The number of nitrogens with zero attached hydrogens (tertiary/aromatic N) is 3. The molecule has 148 valence electrons. The molecule has 0 spiro atoms. The summed E-state index contributed by atoms with van der Waals surface area (Å²) < 4.78 is 1.08. The highest BCUT2D eigenvalue weighted by molar-refractivity contribution is 7.20. The molecule has 2 heterocycles. The molecule has 0 saturated carbocycles. The molecule has 0 bridgehead atoms. The molecule has 28 heavy (non-hydrogen) atoms. The predicted octanol–water partition coefficient (Wildman–Crippen LogP) is 4.50. The van der Waals surface area contributed by atoms with Crippen LogP contribution in [0.3, 0.4) is 0 Å². The standard InChI is InChI=1S/C22H25N3OS.ClH/c1-24(14-11-17-7-3-2-4-8-17)18-12-15-25(16-13-18)22(26)21-23-19-9-5-6-10-20(19)27-21;/h2-10,18H,11-16H2,1H3;1H. The van der Waals surface area contributed by atoms with Crippen LogP contribution >= 0.6 is 23.7 Å². The molecule has 4 nitrogen and oxygen atoms in total. The number of thiazole rings is 1. The van der Waals surface area contributed by atoms with Gasteiger partial charge in [-0.25, -0.2) is 4.98 Å². The highest BCUT2D eigenvalue weighted by atomic mass is 35.5. The molecule has 0 N–H and O–H groups in total. The Hall–Kier alpha value is -1.95. The number of piperidine rings is 1. The highest BCUT2D eigenvalue weighted by Gasteiger charge is 2.27. The van der Waals surface area contributed by atoms with Crippen molar-refractivity contribution in [3.63, 3.8) is 0 Å². The first-order valence-corrected chi connectivity index (χ1v) is 10.4. The van der Waals surface area contributed by atoms with Gasteiger partial charge < -0.3 is 9.80 Å². The van der Waals surface area contributed by atoms with E-state index in [-0.39, 0.29) is 18.3 Å². The molecular weight excluding hydrogens is 390 g/mol. The molecular formula is C22H26ClN3OS. The van der Waals surface area contributed by atoms with Gasteiger partial charge in [-0.2, -0.15) is 0 Å². The quantitative estimate of drug-likeness (QED) is 0.615. The number of fused-ring (bicyclic) bond motifs is 1. The summed E-state index contributed by atoms with van der Waals surface area (Å²) in [5.41, 5.74) is 2.30. The van der Waals surface area contributed by atoms with Crippen molar-refractivity contribution in [2.45, 2.75) is 25.3 Å². The number of benzene rings is 2. The molecule has 1 saturated heterocycles. The number of hydrogen-bond acceptors (Lipinski definition) is 4. The van der Waals surface area contributed by atoms with E-state index in [1.54, 1.807) is 0 Å². The van der Waals surface area contributed by atoms with Gasteiger partial charge >= 0.3 is 0 Å². The van der Waals surface area contributed by atoms with Gasteiger partial charge in [0.25, 0.3) is 5.91 Å². The lowest BCUT2D eigenvalue weighted by Gasteiger charge is -2.36. The molecule has 0 atom stereocenters. The zero-order valence-corrected chi connectivity index (χ0v) is 17.7. The van der Waals surface area contributed by atoms with E-state index in [1.165, 1.54) is 16.9 Å². The zero-order chi connectivity index (χ0) is 18.6. The third-order valence-electron chi connectivity index (χ3n) is 5.45. The largest absolute Gasteiger partial charge is 0.336 e. The summed E-state index contributed by atoms with van der Waals surface area (Å²) in [5.74, 6) is 0.0848. The van der Waals surface area contributed by atoms with Crippen molar-refractivity contribution >= 4 is 39.9 Å². The van der Waals surface area contributed by atoms with Crippen molar-refractivity contribution in [2.75, 3.05) is 26.7 Å². The van der Waals surface area contributed by atoms with E-state index in [9.17, 15) is 4.79 Å². The number of aromatic nitrogens is 1. The minimum atomic E-state index is 0. The Balaban J connectivity index is 0.00000225. The van der Waals surface area contributed by atoms with Gasteiger partial charge in [0.1, 0.15) is 0 Å². The average Bonchev–Trinajstić information content (AvgIpc) is 3.16. The fourth-order valence-electron chi connectivity index (χ4n) is 3.74. The Morgan fingerprint density at radius 2 is 1.79 bits per heavy atom. The average molecular weight is 416 g/mol. The molecule has 3 aromatic rings. The molecule has 1 aliphatic rings. The molecule has 0 radical (unpaired) electrons. The third-order valence-corrected chi connectivity index (χ3v) is 6.47. The summed E-state index contributed by atoms with van der Waals surface area (Å²) in [6.45, 7) is 2.69. The second kappa shape index (κ2) is 9.50. The number of halogens is 1. The van der Waals surface area contributed by atoms with Crippen LogP contribution in [0, 0.1) is 0 Å². The molecule has 4 rings (SSSR count). The van der Waals surface area contributed by atoms with Crippen LogP contribution in [0.25, 0.3) is 10.2 Å². The lowest BCUT2D eigenvalue weighted by molar-refractivity contribution is 0.0647. The first-order valence-electron chi connectivity index (χ1n) is 9.60. The molecule has 6 heteroatoms. The van der Waals surface area contributed by atoms with Crippen LogP contribution in [-0.2, 0) is 6.42 Å². The number of likely N-dealkylation sites (tertiary alicyclic amines) is 1. The van der Waals surface area contributed by atoms with Gasteiger partial charge in [0.2, 0.25) is 0 Å². The van der Waals surface area contributed by atoms with Crippen LogP contribution in [-0.4, -0.2) is 53.4 Å². The van der Waals surface area contributed by atoms with Crippen LogP contribution in [0.5, 0.6) is 0 Å². The molecule has 2 aromatic carbocycles. The summed E-state index contributed by atoms with van der Waals surface area (Å²) in [7, 11) is 2.21. The van der Waals surface area contributed by atoms with E-state index in [0.29, 0.717) is 11.0 Å². The highest BCUT2D eigenvalue weighted by Crippen LogP contribution is 2.24. The van der Waals surface area contributed by atoms with Crippen LogP contribution in [0.15, 0.2) is 54.6 Å². The normalized spacial score (nSPS) is 15.0. The fraction of sp³-hybridized carbons (Fsp3) is 0.364. The Kier molecular flexibility index (Phi) is 7.05. The Labute approximate surface area is 176 Å². The second-order valence-electron chi connectivity index (χ2n) is 7.23. The molecule has 1 aliphatic heterocycles. The third kappa shape index (κ3) is 4.72. The molecule has 1 fully saturated rings. The SMILES string of the molecule is CN(CCc1ccccc1)C1CCN(C(=O)c2nc3ccccc3s2)CC1.Cl. The maximum absolute atomic E-state index is 12.8. The Morgan fingerprint density at radius 3 is 2.50 bits per heavy atom. The number of rotatable bonds is 5. The van der Waals surface area contributed by atoms with Crippen molar-refractivity contribution in [1.29, 1.82) is 0 Å². The van der Waals surface area contributed by atoms with Crippen LogP contribution < -0.4 is 0 Å². The van der Waals surface area contributed by atoms with E-state index in [4.69, 9.17) is 0 Å². The first kappa shape index (κ1) is 20.8. The molecule has 0 unspecified atom stereocenters. The van der Waals surface area contributed by atoms with E-state index < -0.39 is 0 Å². The summed E-state index contributed by atoms with van der Waals surface area (Å²) in [5, 5.41) is 0.618. The van der Waals surface area contributed by atoms with E-state index in [0.717, 1.165) is 49.1 Å². The lowest BCUT2D eigenvalue weighted by atomic mass is 10.0. The van der Waals surface area contributed by atoms with Crippen molar-refractivity contribution in [3.8, 4) is 0 Å². The maximum atomic E-state index is 12.8. The minimum absolute atomic E-state index is 0. The molecule has 1 amide bonds.